The van der Waals surface area contributed by atoms with Gasteiger partial charge in [0.1, 0.15) is 0 Å². The SMILES string of the molecule is COC1(OC)C=C(C(C)(C)C)C(=O)C(C(C)(C)C)=C1. The molecule has 0 heterocycles. The molecule has 0 aromatic carbocycles. The Morgan fingerprint density at radius 2 is 1.16 bits per heavy atom. The number of ether oxygens (including phenoxy) is 2. The van der Waals surface area contributed by atoms with Crippen molar-refractivity contribution >= 4 is 5.78 Å². The topological polar surface area (TPSA) is 35.5 Å². The van der Waals surface area contributed by atoms with Gasteiger partial charge in [-0.1, -0.05) is 41.5 Å². The van der Waals surface area contributed by atoms with Gasteiger partial charge in [0.2, 0.25) is 5.79 Å². The van der Waals surface area contributed by atoms with Crippen LogP contribution in [0.1, 0.15) is 41.5 Å². The molecule has 0 amide bonds. The quantitative estimate of drug-likeness (QED) is 0.718. The van der Waals surface area contributed by atoms with Gasteiger partial charge in [-0.2, -0.15) is 0 Å². The summed E-state index contributed by atoms with van der Waals surface area (Å²) in [6.45, 7) is 12.2. The zero-order chi connectivity index (χ0) is 15.1. The summed E-state index contributed by atoms with van der Waals surface area (Å²) in [6.07, 6.45) is 3.59. The molecule has 0 aromatic heterocycles. The number of allylic oxidation sites excluding steroid dienone is 2. The van der Waals surface area contributed by atoms with Crippen LogP contribution in [-0.4, -0.2) is 25.8 Å². The van der Waals surface area contributed by atoms with Gasteiger partial charge in [-0.15, -0.1) is 0 Å². The Kier molecular flexibility index (Phi) is 4.14. The molecule has 19 heavy (non-hydrogen) atoms. The van der Waals surface area contributed by atoms with E-state index in [1.54, 1.807) is 26.4 Å². The fraction of sp³-hybridized carbons (Fsp3) is 0.688. The van der Waals surface area contributed by atoms with Crippen LogP contribution >= 0.6 is 0 Å². The van der Waals surface area contributed by atoms with Crippen LogP contribution in [-0.2, 0) is 14.3 Å². The van der Waals surface area contributed by atoms with E-state index in [9.17, 15) is 4.79 Å². The minimum absolute atomic E-state index is 0.0877. The summed E-state index contributed by atoms with van der Waals surface area (Å²) in [4.78, 5) is 12.7. The van der Waals surface area contributed by atoms with Crippen molar-refractivity contribution in [3.8, 4) is 0 Å². The summed E-state index contributed by atoms with van der Waals surface area (Å²) in [5.41, 5.74) is 0.987. The van der Waals surface area contributed by atoms with Crippen molar-refractivity contribution in [1.82, 2.24) is 0 Å². The Morgan fingerprint density at radius 1 is 0.842 bits per heavy atom. The predicted molar refractivity (Wildman–Crippen MR) is 76.8 cm³/mol. The third-order valence-electron chi connectivity index (χ3n) is 3.43. The molecule has 1 aliphatic rings. The highest BCUT2D eigenvalue weighted by molar-refractivity contribution is 6.11. The molecule has 0 fully saturated rings. The van der Waals surface area contributed by atoms with Gasteiger partial charge in [0.25, 0.3) is 0 Å². The highest BCUT2D eigenvalue weighted by atomic mass is 16.7. The zero-order valence-electron chi connectivity index (χ0n) is 13.4. The number of methoxy groups -OCH3 is 2. The van der Waals surface area contributed by atoms with Crippen LogP contribution in [0.2, 0.25) is 0 Å². The van der Waals surface area contributed by atoms with E-state index < -0.39 is 5.79 Å². The fourth-order valence-electron chi connectivity index (χ4n) is 2.15. The molecule has 0 aromatic rings. The lowest BCUT2D eigenvalue weighted by atomic mass is 9.71. The molecule has 3 nitrogen and oxygen atoms in total. The molecule has 1 aliphatic carbocycles. The summed E-state index contributed by atoms with van der Waals surface area (Å²) in [7, 11) is 3.18. The van der Waals surface area contributed by atoms with Gasteiger partial charge in [0.05, 0.1) is 0 Å². The average Bonchev–Trinajstić information content (AvgIpc) is 2.27. The van der Waals surface area contributed by atoms with Crippen LogP contribution < -0.4 is 0 Å². The average molecular weight is 266 g/mol. The Bertz CT molecular complexity index is 388. The first kappa shape index (κ1) is 16.1. The van der Waals surface area contributed by atoms with Crippen molar-refractivity contribution in [2.75, 3.05) is 14.2 Å². The molecule has 0 bridgehead atoms. The lowest BCUT2D eigenvalue weighted by Gasteiger charge is -2.37. The number of hydrogen-bond donors (Lipinski definition) is 0. The van der Waals surface area contributed by atoms with E-state index >= 15 is 0 Å². The van der Waals surface area contributed by atoms with Crippen LogP contribution in [0.15, 0.2) is 23.3 Å². The lowest BCUT2D eigenvalue weighted by molar-refractivity contribution is -0.139. The Morgan fingerprint density at radius 3 is 1.37 bits per heavy atom. The van der Waals surface area contributed by atoms with Crippen molar-refractivity contribution in [3.63, 3.8) is 0 Å². The van der Waals surface area contributed by atoms with E-state index in [0.717, 1.165) is 11.1 Å². The molecule has 1 rings (SSSR count). The first-order valence-corrected chi connectivity index (χ1v) is 6.58. The van der Waals surface area contributed by atoms with E-state index in [4.69, 9.17) is 9.47 Å². The maximum Gasteiger partial charge on any atom is 0.208 e. The maximum absolute atomic E-state index is 12.7. The molecule has 0 spiro atoms. The molecule has 0 saturated heterocycles. The fourth-order valence-corrected chi connectivity index (χ4v) is 2.15. The molecular formula is C16H26O3. The van der Waals surface area contributed by atoms with E-state index in [1.807, 2.05) is 41.5 Å². The number of Topliss-reactive ketones (excluding diaryl/α,β-unsaturated/α-hetero) is 1. The van der Waals surface area contributed by atoms with Crippen molar-refractivity contribution < 1.29 is 14.3 Å². The second-order valence-corrected chi connectivity index (χ2v) is 7.07. The highest BCUT2D eigenvalue weighted by Crippen LogP contribution is 2.41. The van der Waals surface area contributed by atoms with Crippen LogP contribution in [0.25, 0.3) is 0 Å². The van der Waals surface area contributed by atoms with Gasteiger partial charge in [-0.25, -0.2) is 0 Å². The van der Waals surface area contributed by atoms with Crippen molar-refractivity contribution in [2.45, 2.75) is 47.3 Å². The molecule has 108 valence electrons. The Labute approximate surface area is 116 Å². The predicted octanol–water partition coefficient (Wildman–Crippen LogP) is 3.50. The van der Waals surface area contributed by atoms with Gasteiger partial charge < -0.3 is 9.47 Å². The summed E-state index contributed by atoms with van der Waals surface area (Å²) in [6, 6.07) is 0. The van der Waals surface area contributed by atoms with E-state index in [1.165, 1.54) is 0 Å². The number of ketones is 1. The van der Waals surface area contributed by atoms with Crippen LogP contribution in [0, 0.1) is 10.8 Å². The summed E-state index contributed by atoms with van der Waals surface area (Å²) < 4.78 is 11.0. The van der Waals surface area contributed by atoms with E-state index in [0.29, 0.717) is 0 Å². The second kappa shape index (κ2) is 4.88. The Balaban J connectivity index is 3.47. The number of hydrogen-bond acceptors (Lipinski definition) is 3. The van der Waals surface area contributed by atoms with Crippen molar-refractivity contribution in [2.24, 2.45) is 10.8 Å². The largest absolute Gasteiger partial charge is 0.346 e. The van der Waals surface area contributed by atoms with Gasteiger partial charge in [-0.05, 0) is 23.0 Å². The standard InChI is InChI=1S/C16H26O3/c1-14(2,3)11-9-16(18-7,19-8)10-12(13(11)17)15(4,5)6/h9-10H,1-8H3. The zero-order valence-corrected chi connectivity index (χ0v) is 13.4. The number of carbonyl (C=O) groups excluding carboxylic acids is 1. The van der Waals surface area contributed by atoms with E-state index in [-0.39, 0.29) is 16.6 Å². The van der Waals surface area contributed by atoms with Gasteiger partial charge in [-0.3, -0.25) is 4.79 Å². The summed E-state index contributed by atoms with van der Waals surface area (Å²) >= 11 is 0. The lowest BCUT2D eigenvalue weighted by Crippen LogP contribution is -2.39. The maximum atomic E-state index is 12.7. The minimum Gasteiger partial charge on any atom is -0.346 e. The van der Waals surface area contributed by atoms with Gasteiger partial charge in [0, 0.05) is 25.4 Å². The summed E-state index contributed by atoms with van der Waals surface area (Å²) in [5, 5.41) is 0. The molecule has 0 radical (unpaired) electrons. The third-order valence-corrected chi connectivity index (χ3v) is 3.43. The van der Waals surface area contributed by atoms with Gasteiger partial charge in [0.15, 0.2) is 5.78 Å². The monoisotopic (exact) mass is 266 g/mol. The first-order valence-electron chi connectivity index (χ1n) is 6.58. The highest BCUT2D eigenvalue weighted by Gasteiger charge is 2.41. The molecule has 0 saturated carbocycles. The summed E-state index contributed by atoms with van der Waals surface area (Å²) in [5.74, 6) is -0.858. The van der Waals surface area contributed by atoms with Crippen LogP contribution in [0.5, 0.6) is 0 Å². The molecule has 0 N–H and O–H groups in total. The molecule has 3 heteroatoms. The second-order valence-electron chi connectivity index (χ2n) is 7.07. The molecule has 0 atom stereocenters. The van der Waals surface area contributed by atoms with Crippen molar-refractivity contribution in [1.29, 1.82) is 0 Å². The van der Waals surface area contributed by atoms with Crippen LogP contribution in [0.4, 0.5) is 0 Å². The number of carbonyl (C=O) groups is 1. The van der Waals surface area contributed by atoms with Gasteiger partial charge >= 0.3 is 0 Å². The molecule has 0 unspecified atom stereocenters. The molecule has 0 aliphatic heterocycles. The normalized spacial score (nSPS) is 20.1. The van der Waals surface area contributed by atoms with Crippen LogP contribution in [0.3, 0.4) is 0 Å². The third kappa shape index (κ3) is 3.15. The van der Waals surface area contributed by atoms with E-state index in [2.05, 4.69) is 0 Å². The van der Waals surface area contributed by atoms with Crippen molar-refractivity contribution in [3.05, 3.63) is 23.3 Å². The molecular weight excluding hydrogens is 240 g/mol. The smallest absolute Gasteiger partial charge is 0.208 e. The Hall–Kier alpha value is -0.930. The minimum atomic E-state index is -0.945. The number of rotatable bonds is 2. The first-order chi connectivity index (χ1) is 8.47.